The minimum atomic E-state index is -0.210. The van der Waals surface area contributed by atoms with Gasteiger partial charge in [-0.1, -0.05) is 0 Å². The summed E-state index contributed by atoms with van der Waals surface area (Å²) in [6.07, 6.45) is 6.15. The molecule has 1 saturated heterocycles. The zero-order chi connectivity index (χ0) is 14.7. The lowest BCUT2D eigenvalue weighted by molar-refractivity contribution is 0.102. The Labute approximate surface area is 126 Å². The van der Waals surface area contributed by atoms with Crippen LogP contribution in [0, 0.1) is 0 Å². The molecule has 3 rings (SSSR count). The van der Waals surface area contributed by atoms with E-state index in [1.807, 2.05) is 11.8 Å². The van der Waals surface area contributed by atoms with Crippen molar-refractivity contribution in [2.24, 2.45) is 7.05 Å². The van der Waals surface area contributed by atoms with E-state index in [1.54, 1.807) is 36.3 Å². The molecule has 0 radical (unpaired) electrons. The van der Waals surface area contributed by atoms with E-state index in [0.29, 0.717) is 17.1 Å². The molecule has 1 amide bonds. The van der Waals surface area contributed by atoms with E-state index in [9.17, 15) is 4.79 Å². The Morgan fingerprint density at radius 2 is 2.38 bits per heavy atom. The van der Waals surface area contributed by atoms with Crippen LogP contribution in [-0.2, 0) is 7.05 Å². The molecule has 0 aliphatic carbocycles. The minimum Gasteiger partial charge on any atom is -0.473 e. The van der Waals surface area contributed by atoms with E-state index >= 15 is 0 Å². The average Bonchev–Trinajstić information content (AvgIpc) is 3.12. The molecule has 0 spiro atoms. The molecular weight excluding hydrogens is 288 g/mol. The monoisotopic (exact) mass is 304 g/mol. The summed E-state index contributed by atoms with van der Waals surface area (Å²) in [5.74, 6) is 2.50. The molecule has 2 aromatic rings. The van der Waals surface area contributed by atoms with E-state index < -0.39 is 0 Å². The SMILES string of the molecule is Cn1cc(NC(=O)c2ccc(O[C@@H]3CCSC3)nc2)cn1. The van der Waals surface area contributed by atoms with E-state index in [0.717, 1.165) is 17.9 Å². The van der Waals surface area contributed by atoms with Crippen molar-refractivity contribution in [3.8, 4) is 5.88 Å². The van der Waals surface area contributed by atoms with Crippen molar-refractivity contribution in [2.45, 2.75) is 12.5 Å². The van der Waals surface area contributed by atoms with Crippen LogP contribution >= 0.6 is 11.8 Å². The first-order chi connectivity index (χ1) is 10.2. The van der Waals surface area contributed by atoms with Gasteiger partial charge in [-0.3, -0.25) is 9.48 Å². The third-order valence-electron chi connectivity index (χ3n) is 3.14. The summed E-state index contributed by atoms with van der Waals surface area (Å²) in [7, 11) is 1.80. The van der Waals surface area contributed by atoms with Gasteiger partial charge in [-0.15, -0.1) is 0 Å². The molecule has 6 nitrogen and oxygen atoms in total. The number of aryl methyl sites for hydroxylation is 1. The molecule has 1 aliphatic rings. The number of pyridine rings is 1. The lowest BCUT2D eigenvalue weighted by Gasteiger charge is -2.11. The fraction of sp³-hybridized carbons (Fsp3) is 0.357. The number of ether oxygens (including phenoxy) is 1. The smallest absolute Gasteiger partial charge is 0.257 e. The second kappa shape index (κ2) is 6.17. The van der Waals surface area contributed by atoms with Gasteiger partial charge in [-0.25, -0.2) is 4.98 Å². The summed E-state index contributed by atoms with van der Waals surface area (Å²) in [5, 5.41) is 6.76. The van der Waals surface area contributed by atoms with Crippen molar-refractivity contribution < 1.29 is 9.53 Å². The van der Waals surface area contributed by atoms with E-state index in [4.69, 9.17) is 4.74 Å². The summed E-state index contributed by atoms with van der Waals surface area (Å²) in [6.45, 7) is 0. The summed E-state index contributed by atoms with van der Waals surface area (Å²) < 4.78 is 7.38. The van der Waals surface area contributed by atoms with Crippen LogP contribution in [0.3, 0.4) is 0 Å². The number of carbonyl (C=O) groups excluding carboxylic acids is 1. The maximum Gasteiger partial charge on any atom is 0.257 e. The predicted molar refractivity (Wildman–Crippen MR) is 81.8 cm³/mol. The van der Waals surface area contributed by atoms with Crippen LogP contribution in [0.4, 0.5) is 5.69 Å². The number of rotatable bonds is 4. The van der Waals surface area contributed by atoms with Crippen LogP contribution in [0.5, 0.6) is 5.88 Å². The molecule has 0 saturated carbocycles. The number of anilines is 1. The fourth-order valence-electron chi connectivity index (χ4n) is 2.05. The molecule has 1 fully saturated rings. The van der Waals surface area contributed by atoms with Crippen molar-refractivity contribution >= 4 is 23.4 Å². The van der Waals surface area contributed by atoms with Crippen LogP contribution in [0.25, 0.3) is 0 Å². The second-order valence-electron chi connectivity index (χ2n) is 4.85. The standard InChI is InChI=1S/C14H16N4O2S/c1-18-8-11(7-16-18)17-14(19)10-2-3-13(15-6-10)20-12-4-5-21-9-12/h2-3,6-8,12H,4-5,9H2,1H3,(H,17,19)/t12-/m1/s1. The van der Waals surface area contributed by atoms with Crippen molar-refractivity contribution in [2.75, 3.05) is 16.8 Å². The number of hydrogen-bond acceptors (Lipinski definition) is 5. The van der Waals surface area contributed by atoms with Crippen LogP contribution < -0.4 is 10.1 Å². The maximum atomic E-state index is 12.0. The van der Waals surface area contributed by atoms with Crippen LogP contribution in [0.2, 0.25) is 0 Å². The molecule has 0 aromatic carbocycles. The molecule has 1 atom stereocenters. The average molecular weight is 304 g/mol. The Morgan fingerprint density at radius 1 is 1.48 bits per heavy atom. The predicted octanol–water partition coefficient (Wildman–Crippen LogP) is 1.95. The van der Waals surface area contributed by atoms with Crippen molar-refractivity contribution in [3.05, 3.63) is 36.3 Å². The molecule has 3 heterocycles. The molecular formula is C14H16N4O2S. The number of carbonyl (C=O) groups is 1. The van der Waals surface area contributed by atoms with E-state index in [1.165, 1.54) is 6.20 Å². The molecule has 110 valence electrons. The summed E-state index contributed by atoms with van der Waals surface area (Å²) in [5.41, 5.74) is 1.15. The fourth-order valence-corrected chi connectivity index (χ4v) is 3.14. The highest BCUT2D eigenvalue weighted by Gasteiger charge is 2.17. The molecule has 1 aliphatic heterocycles. The van der Waals surface area contributed by atoms with Gasteiger partial charge in [-0.05, 0) is 18.2 Å². The Balaban J connectivity index is 1.61. The third kappa shape index (κ3) is 3.55. The topological polar surface area (TPSA) is 69.0 Å². The van der Waals surface area contributed by atoms with Gasteiger partial charge in [0.05, 0.1) is 17.4 Å². The largest absolute Gasteiger partial charge is 0.473 e. The Morgan fingerprint density at radius 3 is 3.00 bits per heavy atom. The van der Waals surface area contributed by atoms with E-state index in [2.05, 4.69) is 15.4 Å². The zero-order valence-electron chi connectivity index (χ0n) is 11.7. The second-order valence-corrected chi connectivity index (χ2v) is 6.00. The molecule has 1 N–H and O–H groups in total. The number of nitrogens with zero attached hydrogens (tertiary/aromatic N) is 3. The Bertz CT molecular complexity index is 620. The summed E-state index contributed by atoms with van der Waals surface area (Å²) in [4.78, 5) is 16.2. The molecule has 7 heteroatoms. The maximum absolute atomic E-state index is 12.0. The summed E-state index contributed by atoms with van der Waals surface area (Å²) >= 11 is 1.89. The number of aromatic nitrogens is 3. The van der Waals surface area contributed by atoms with Crippen LogP contribution in [0.15, 0.2) is 30.7 Å². The van der Waals surface area contributed by atoms with Gasteiger partial charge in [0.15, 0.2) is 0 Å². The Hall–Kier alpha value is -2.02. The highest BCUT2D eigenvalue weighted by molar-refractivity contribution is 7.99. The van der Waals surface area contributed by atoms with Gasteiger partial charge in [0.1, 0.15) is 6.10 Å². The van der Waals surface area contributed by atoms with Gasteiger partial charge < -0.3 is 10.1 Å². The molecule has 2 aromatic heterocycles. The zero-order valence-corrected chi connectivity index (χ0v) is 12.5. The quantitative estimate of drug-likeness (QED) is 0.935. The van der Waals surface area contributed by atoms with Gasteiger partial charge >= 0.3 is 0 Å². The lowest BCUT2D eigenvalue weighted by Crippen LogP contribution is -2.16. The number of nitrogens with one attached hydrogen (secondary N) is 1. The first kappa shape index (κ1) is 13.9. The third-order valence-corrected chi connectivity index (χ3v) is 4.27. The van der Waals surface area contributed by atoms with Gasteiger partial charge in [-0.2, -0.15) is 16.9 Å². The van der Waals surface area contributed by atoms with Crippen molar-refractivity contribution in [1.82, 2.24) is 14.8 Å². The molecule has 21 heavy (non-hydrogen) atoms. The lowest BCUT2D eigenvalue weighted by atomic mass is 10.2. The van der Waals surface area contributed by atoms with Crippen molar-refractivity contribution in [1.29, 1.82) is 0 Å². The number of amides is 1. The molecule has 0 bridgehead atoms. The highest BCUT2D eigenvalue weighted by Crippen LogP contribution is 2.22. The first-order valence-electron chi connectivity index (χ1n) is 6.71. The molecule has 0 unspecified atom stereocenters. The van der Waals surface area contributed by atoms with Gasteiger partial charge in [0, 0.05) is 31.3 Å². The normalized spacial score (nSPS) is 17.7. The Kier molecular flexibility index (Phi) is 4.10. The minimum absolute atomic E-state index is 0.210. The first-order valence-corrected chi connectivity index (χ1v) is 7.86. The van der Waals surface area contributed by atoms with E-state index in [-0.39, 0.29) is 12.0 Å². The van der Waals surface area contributed by atoms with Crippen molar-refractivity contribution in [3.63, 3.8) is 0 Å². The van der Waals surface area contributed by atoms with Gasteiger partial charge in [0.2, 0.25) is 5.88 Å². The number of thioether (sulfide) groups is 1. The number of hydrogen-bond donors (Lipinski definition) is 1. The van der Waals surface area contributed by atoms with Gasteiger partial charge in [0.25, 0.3) is 5.91 Å². The highest BCUT2D eigenvalue weighted by atomic mass is 32.2. The van der Waals surface area contributed by atoms with Crippen LogP contribution in [0.1, 0.15) is 16.8 Å². The van der Waals surface area contributed by atoms with Crippen LogP contribution in [-0.4, -0.2) is 38.3 Å². The summed E-state index contributed by atoms with van der Waals surface area (Å²) in [6, 6.07) is 3.46.